The Hall–Kier alpha value is 6.72. The molecule has 122 valence electrons. The highest BCUT2D eigenvalue weighted by Gasteiger charge is 2.72. The summed E-state index contributed by atoms with van der Waals surface area (Å²) in [6.45, 7) is 0. The van der Waals surface area contributed by atoms with Crippen molar-refractivity contribution in [1.29, 1.82) is 0 Å². The van der Waals surface area contributed by atoms with Crippen LogP contribution >= 0.6 is 223 Å². The fourth-order valence-corrected chi connectivity index (χ4v) is 11.4. The van der Waals surface area contributed by atoms with Crippen molar-refractivity contribution in [3.63, 3.8) is 0 Å². The number of hydrogen-bond acceptors (Lipinski definition) is 0. The van der Waals surface area contributed by atoms with Gasteiger partial charge in [-0.25, -0.2) is 0 Å². The van der Waals surface area contributed by atoms with Crippen LogP contribution < -0.4 is 0 Å². The van der Waals surface area contributed by atoms with E-state index < -0.39 is 17.2 Å². The van der Waals surface area contributed by atoms with E-state index in [1.165, 1.54) is 0 Å². The maximum Gasteiger partial charge on any atom is 0.162 e. The lowest BCUT2D eigenvalue weighted by atomic mass is 10.2. The van der Waals surface area contributed by atoms with Gasteiger partial charge in [-0.1, -0.05) is 223 Å². The third-order valence-electron chi connectivity index (χ3n) is 1.90. The third-order valence-corrected chi connectivity index (χ3v) is 27.7. The first kappa shape index (κ1) is 26.7. The molecule has 0 amide bonds. The van der Waals surface area contributed by atoms with E-state index in [2.05, 4.69) is 223 Å². The van der Waals surface area contributed by atoms with Gasteiger partial charge in [0.05, 0.1) is 0 Å². The van der Waals surface area contributed by atoms with Crippen molar-refractivity contribution in [3.05, 3.63) is 0 Å². The summed E-state index contributed by atoms with van der Waals surface area (Å²) in [7, 11) is 0. The molecule has 0 saturated heterocycles. The van der Waals surface area contributed by atoms with E-state index in [0.717, 1.165) is 0 Å². The van der Waals surface area contributed by atoms with Gasteiger partial charge in [-0.05, 0) is 0 Å². The lowest BCUT2D eigenvalue weighted by molar-refractivity contribution is 0.674. The average Bonchev–Trinajstić information content (AvgIpc) is 2.12. The molecule has 0 unspecified atom stereocenters. The van der Waals surface area contributed by atoms with Gasteiger partial charge in [-0.3, -0.25) is 0 Å². The second-order valence-corrected chi connectivity index (χ2v) is 30.6. The average molecular weight is 1190 g/mol. The minimum atomic E-state index is -0.815. The maximum absolute atomic E-state index is 3.71. The zero-order valence-corrected chi connectivity index (χ0v) is 30.5. The molecular formula is C6Br14. The Labute approximate surface area is 235 Å². The van der Waals surface area contributed by atoms with Gasteiger partial charge < -0.3 is 0 Å². The smallest absolute Gasteiger partial charge is 0.0675 e. The lowest BCUT2D eigenvalue weighted by Gasteiger charge is -2.53. The van der Waals surface area contributed by atoms with Crippen molar-refractivity contribution in [2.45, 2.75) is 17.2 Å². The van der Waals surface area contributed by atoms with Crippen LogP contribution in [0.2, 0.25) is 0 Å². The van der Waals surface area contributed by atoms with E-state index >= 15 is 0 Å². The molecule has 20 heavy (non-hydrogen) atoms. The molecule has 0 radical (unpaired) electrons. The molecule has 0 saturated carbocycles. The second kappa shape index (κ2) is 8.61. The second-order valence-electron chi connectivity index (χ2n) is 3.29. The minimum Gasteiger partial charge on any atom is -0.0675 e. The van der Waals surface area contributed by atoms with Gasteiger partial charge in [0.2, 0.25) is 0 Å². The Kier molecular flexibility index (Phi) is 11.5. The molecule has 0 fully saturated rings. The summed E-state index contributed by atoms with van der Waals surface area (Å²) >= 11 is 50.5. The highest BCUT2D eigenvalue weighted by Crippen LogP contribution is 2.75. The zero-order chi connectivity index (χ0) is 17.0. The molecule has 0 aromatic carbocycles. The van der Waals surface area contributed by atoms with Crippen molar-refractivity contribution in [2.75, 3.05) is 0 Å². The first-order chi connectivity index (χ1) is 8.25. The molecule has 0 aliphatic rings. The van der Waals surface area contributed by atoms with Gasteiger partial charge >= 0.3 is 0 Å². The topological polar surface area (TPSA) is 0 Å². The Balaban J connectivity index is 6.08. The molecule has 0 atom stereocenters. The number of hydrogen-bond donors (Lipinski definition) is 0. The molecule has 0 N–H and O–H groups in total. The summed E-state index contributed by atoms with van der Waals surface area (Å²) in [4.78, 5) is 0. The van der Waals surface area contributed by atoms with E-state index in [1.54, 1.807) is 0 Å². The summed E-state index contributed by atoms with van der Waals surface area (Å²) in [5.74, 6) is 0. The minimum absolute atomic E-state index is 0.691. The van der Waals surface area contributed by atoms with Crippen LogP contribution in [-0.4, -0.2) is 17.2 Å². The van der Waals surface area contributed by atoms with Crippen molar-refractivity contribution < 1.29 is 0 Å². The van der Waals surface area contributed by atoms with Crippen LogP contribution in [-0.2, 0) is 0 Å². The summed E-state index contributed by atoms with van der Waals surface area (Å²) in [6, 6.07) is 0. The van der Waals surface area contributed by atoms with Gasteiger partial charge in [0.1, 0.15) is 12.9 Å². The van der Waals surface area contributed by atoms with Crippen LogP contribution in [0.5, 0.6) is 0 Å². The monoisotopic (exact) mass is 1180 g/mol. The fourth-order valence-electron chi connectivity index (χ4n) is 0.750. The molecule has 0 spiro atoms. The number of alkyl halides is 14. The Morgan fingerprint density at radius 2 is 0.400 bits per heavy atom. The molecule has 0 rings (SSSR count). The van der Waals surface area contributed by atoms with Crippen molar-refractivity contribution >= 4 is 223 Å². The fraction of sp³-hybridized carbons (Fsp3) is 1.00. The molecular weight excluding hydrogens is 1190 g/mol. The highest BCUT2D eigenvalue weighted by atomic mass is 80.0. The normalized spacial score (nSPS) is 16.5. The van der Waals surface area contributed by atoms with Crippen LogP contribution in [0.25, 0.3) is 0 Å². The van der Waals surface area contributed by atoms with E-state index in [9.17, 15) is 0 Å². The van der Waals surface area contributed by atoms with E-state index in [0.29, 0.717) is 0 Å². The molecule has 0 aliphatic carbocycles. The van der Waals surface area contributed by atoms with Crippen LogP contribution in [0.4, 0.5) is 0 Å². The van der Waals surface area contributed by atoms with Crippen LogP contribution in [0.1, 0.15) is 0 Å². The molecule has 0 bridgehead atoms. The van der Waals surface area contributed by atoms with Crippen molar-refractivity contribution in [3.8, 4) is 0 Å². The highest BCUT2D eigenvalue weighted by molar-refractivity contribution is 9.43. The summed E-state index contributed by atoms with van der Waals surface area (Å²) in [5.41, 5.74) is 0. The molecule has 0 heterocycles. The van der Waals surface area contributed by atoms with Gasteiger partial charge in [0.15, 0.2) is 4.29 Å². The van der Waals surface area contributed by atoms with Crippen molar-refractivity contribution in [2.24, 2.45) is 0 Å². The lowest BCUT2D eigenvalue weighted by Crippen LogP contribution is -2.62. The van der Waals surface area contributed by atoms with Gasteiger partial charge in [0, 0.05) is 0 Å². The van der Waals surface area contributed by atoms with Crippen LogP contribution in [0, 0.1) is 0 Å². The third kappa shape index (κ3) is 5.20. The summed E-state index contributed by atoms with van der Waals surface area (Å²) < 4.78 is -4.54. The van der Waals surface area contributed by atoms with Crippen molar-refractivity contribution in [1.82, 2.24) is 0 Å². The molecule has 0 nitrogen and oxygen atoms in total. The van der Waals surface area contributed by atoms with Crippen LogP contribution in [0.3, 0.4) is 0 Å². The molecule has 0 aromatic rings. The first-order valence-corrected chi connectivity index (χ1v) is 15.0. The zero-order valence-electron chi connectivity index (χ0n) is 8.29. The predicted octanol–water partition coefficient (Wildman–Crippen LogP) is 10.6. The largest absolute Gasteiger partial charge is 0.162 e. The molecule has 0 aliphatic heterocycles. The number of halogens is 14. The maximum atomic E-state index is 3.71. The van der Waals surface area contributed by atoms with Gasteiger partial charge in [-0.2, -0.15) is 0 Å². The number of rotatable bonds is 3. The van der Waals surface area contributed by atoms with E-state index in [1.807, 2.05) is 0 Å². The Morgan fingerprint density at radius 3 is 0.500 bits per heavy atom. The van der Waals surface area contributed by atoms with Gasteiger partial charge in [-0.15, -0.1) is 0 Å². The Morgan fingerprint density at radius 1 is 0.250 bits per heavy atom. The summed E-state index contributed by atoms with van der Waals surface area (Å²) in [5, 5.41) is 0. The quantitative estimate of drug-likeness (QED) is 0.247. The standard InChI is InChI=1S/C6Br14/c7-1(8,3(11,12)5(15,16)17)2(9,10)4(13,14)6(18,19)20. The SMILES string of the molecule is BrC(Br)(Br)C(Br)(Br)C(Br)(Br)C(Br)(Br)C(Br)(Br)C(Br)(Br)Br. The van der Waals surface area contributed by atoms with Crippen LogP contribution in [0.15, 0.2) is 0 Å². The summed E-state index contributed by atoms with van der Waals surface area (Å²) in [6.07, 6.45) is 0. The van der Waals surface area contributed by atoms with E-state index in [-0.39, 0.29) is 0 Å². The first-order valence-electron chi connectivity index (χ1n) is 3.90. The van der Waals surface area contributed by atoms with E-state index in [4.69, 9.17) is 0 Å². The molecule has 0 aromatic heterocycles. The Bertz CT molecular complexity index is 319. The molecule has 14 heteroatoms. The van der Waals surface area contributed by atoms with Gasteiger partial charge in [0.25, 0.3) is 0 Å². The predicted molar refractivity (Wildman–Crippen MR) is 141 cm³/mol.